The summed E-state index contributed by atoms with van der Waals surface area (Å²) >= 11 is 0. The van der Waals surface area contributed by atoms with Crippen molar-refractivity contribution in [3.63, 3.8) is 0 Å². The summed E-state index contributed by atoms with van der Waals surface area (Å²) in [5.74, 6) is 0. The summed E-state index contributed by atoms with van der Waals surface area (Å²) in [5.41, 5.74) is 1.36. The number of aliphatic hydroxyl groups excluding tert-OH is 1. The Bertz CT molecular complexity index is 609. The van der Waals surface area contributed by atoms with E-state index in [4.69, 9.17) is 14.4 Å². The van der Waals surface area contributed by atoms with Gasteiger partial charge in [0.05, 0.1) is 22.5 Å². The van der Waals surface area contributed by atoms with Gasteiger partial charge in [-0.15, -0.1) is 0 Å². The molecule has 1 aliphatic heterocycles. The van der Waals surface area contributed by atoms with Gasteiger partial charge in [-0.1, -0.05) is 13.0 Å². The van der Waals surface area contributed by atoms with Crippen molar-refractivity contribution in [1.29, 1.82) is 5.26 Å². The standard InChI is InChI=1S/C18H27BN2O3/c1-6-15(9-10-22)21-16-8-7-14(11-13(16)12-20)19-23-17(2,3)18(4,5)24-19/h7-8,11,15,21-22H,6,9-10H2,1-5H3. The Morgan fingerprint density at radius 2 is 1.88 bits per heavy atom. The van der Waals surface area contributed by atoms with Gasteiger partial charge in [-0.2, -0.15) is 5.26 Å². The van der Waals surface area contributed by atoms with Gasteiger partial charge in [0, 0.05) is 12.6 Å². The first-order chi connectivity index (χ1) is 11.2. The van der Waals surface area contributed by atoms with Crippen LogP contribution in [0.5, 0.6) is 0 Å². The lowest BCUT2D eigenvalue weighted by Gasteiger charge is -2.32. The fourth-order valence-corrected chi connectivity index (χ4v) is 2.66. The number of nitrogens with one attached hydrogen (secondary N) is 1. The largest absolute Gasteiger partial charge is 0.494 e. The van der Waals surface area contributed by atoms with Crippen LogP contribution in [-0.2, 0) is 9.31 Å². The lowest BCUT2D eigenvalue weighted by atomic mass is 9.78. The van der Waals surface area contributed by atoms with Gasteiger partial charge < -0.3 is 19.7 Å². The maximum Gasteiger partial charge on any atom is 0.494 e. The van der Waals surface area contributed by atoms with Crippen molar-refractivity contribution in [2.24, 2.45) is 0 Å². The molecule has 1 saturated heterocycles. The molecule has 2 rings (SSSR count). The van der Waals surface area contributed by atoms with Crippen molar-refractivity contribution in [1.82, 2.24) is 0 Å². The van der Waals surface area contributed by atoms with Gasteiger partial charge >= 0.3 is 7.12 Å². The average Bonchev–Trinajstić information content (AvgIpc) is 2.75. The Kier molecular flexibility index (Phi) is 5.59. The van der Waals surface area contributed by atoms with Gasteiger partial charge in [0.2, 0.25) is 0 Å². The summed E-state index contributed by atoms with van der Waals surface area (Å²) in [6, 6.07) is 8.01. The van der Waals surface area contributed by atoms with Crippen molar-refractivity contribution in [2.75, 3.05) is 11.9 Å². The number of aliphatic hydroxyl groups is 1. The van der Waals surface area contributed by atoms with Crippen molar-refractivity contribution in [3.8, 4) is 6.07 Å². The van der Waals surface area contributed by atoms with Crippen LogP contribution in [0, 0.1) is 11.3 Å². The molecule has 1 atom stereocenters. The lowest BCUT2D eigenvalue weighted by molar-refractivity contribution is 0.00578. The minimum Gasteiger partial charge on any atom is -0.399 e. The lowest BCUT2D eigenvalue weighted by Crippen LogP contribution is -2.41. The van der Waals surface area contributed by atoms with Crippen LogP contribution in [0.1, 0.15) is 53.0 Å². The molecule has 24 heavy (non-hydrogen) atoms. The summed E-state index contributed by atoms with van der Waals surface area (Å²) in [6.07, 6.45) is 1.53. The van der Waals surface area contributed by atoms with Crippen LogP contribution in [0.4, 0.5) is 5.69 Å². The first kappa shape index (κ1) is 18.8. The Hall–Kier alpha value is -1.55. The van der Waals surface area contributed by atoms with Crippen LogP contribution >= 0.6 is 0 Å². The van der Waals surface area contributed by atoms with Crippen molar-refractivity contribution < 1.29 is 14.4 Å². The number of rotatable bonds is 6. The van der Waals surface area contributed by atoms with E-state index < -0.39 is 18.3 Å². The molecule has 2 N–H and O–H groups in total. The fraction of sp³-hybridized carbons (Fsp3) is 0.611. The molecule has 0 amide bonds. The molecule has 1 aromatic rings. The van der Waals surface area contributed by atoms with E-state index in [-0.39, 0.29) is 12.6 Å². The summed E-state index contributed by atoms with van der Waals surface area (Å²) < 4.78 is 12.1. The summed E-state index contributed by atoms with van der Waals surface area (Å²) in [6.45, 7) is 10.2. The first-order valence-corrected chi connectivity index (χ1v) is 8.51. The average molecular weight is 330 g/mol. The maximum absolute atomic E-state index is 9.49. The normalized spacial score (nSPS) is 19.8. The van der Waals surface area contributed by atoms with Gasteiger partial charge in [0.1, 0.15) is 6.07 Å². The molecule has 1 heterocycles. The highest BCUT2D eigenvalue weighted by Crippen LogP contribution is 2.36. The Labute approximate surface area is 145 Å². The molecule has 1 aromatic carbocycles. The second-order valence-electron chi connectivity index (χ2n) is 7.27. The van der Waals surface area contributed by atoms with Crippen molar-refractivity contribution in [3.05, 3.63) is 23.8 Å². The van der Waals surface area contributed by atoms with E-state index >= 15 is 0 Å². The van der Waals surface area contributed by atoms with Gasteiger partial charge in [0.25, 0.3) is 0 Å². The smallest absolute Gasteiger partial charge is 0.399 e. The van der Waals surface area contributed by atoms with E-state index in [1.54, 1.807) is 0 Å². The van der Waals surface area contributed by atoms with E-state index in [0.717, 1.165) is 17.6 Å². The SMILES string of the molecule is CCC(CCO)Nc1ccc(B2OC(C)(C)C(C)(C)O2)cc1C#N. The predicted molar refractivity (Wildman–Crippen MR) is 96.3 cm³/mol. The van der Waals surface area contributed by atoms with Gasteiger partial charge in [-0.25, -0.2) is 0 Å². The molecule has 0 bridgehead atoms. The Balaban J connectivity index is 2.23. The number of benzene rings is 1. The maximum atomic E-state index is 9.49. The molecule has 6 heteroatoms. The van der Waals surface area contributed by atoms with E-state index in [9.17, 15) is 5.26 Å². The van der Waals surface area contributed by atoms with Crippen LogP contribution in [0.15, 0.2) is 18.2 Å². The van der Waals surface area contributed by atoms with E-state index in [2.05, 4.69) is 18.3 Å². The summed E-state index contributed by atoms with van der Waals surface area (Å²) in [4.78, 5) is 0. The molecular weight excluding hydrogens is 303 g/mol. The van der Waals surface area contributed by atoms with Gasteiger partial charge in [-0.05, 0) is 58.1 Å². The van der Waals surface area contributed by atoms with E-state index in [0.29, 0.717) is 12.0 Å². The molecule has 0 saturated carbocycles. The van der Waals surface area contributed by atoms with Crippen LogP contribution < -0.4 is 10.8 Å². The molecule has 0 aromatic heterocycles. The molecule has 0 aliphatic carbocycles. The third kappa shape index (κ3) is 3.75. The molecule has 130 valence electrons. The van der Waals surface area contributed by atoms with E-state index in [1.807, 2.05) is 45.9 Å². The minimum atomic E-state index is -0.476. The topological polar surface area (TPSA) is 74.5 Å². The van der Waals surface area contributed by atoms with Crippen molar-refractivity contribution in [2.45, 2.75) is 64.7 Å². The number of anilines is 1. The van der Waals surface area contributed by atoms with Crippen LogP contribution in [0.2, 0.25) is 0 Å². The number of nitriles is 1. The third-order valence-electron chi connectivity index (χ3n) is 5.02. The highest BCUT2D eigenvalue weighted by Gasteiger charge is 2.51. The predicted octanol–water partition coefficient (Wildman–Crippen LogP) is 2.43. The number of hydrogen-bond acceptors (Lipinski definition) is 5. The van der Waals surface area contributed by atoms with Crippen LogP contribution in [0.3, 0.4) is 0 Å². The zero-order valence-corrected chi connectivity index (χ0v) is 15.2. The zero-order valence-electron chi connectivity index (χ0n) is 15.2. The quantitative estimate of drug-likeness (QED) is 0.784. The second kappa shape index (κ2) is 7.14. The summed E-state index contributed by atoms with van der Waals surface area (Å²) in [5, 5.41) is 21.9. The molecule has 1 fully saturated rings. The van der Waals surface area contributed by atoms with Crippen LogP contribution in [-0.4, -0.2) is 36.1 Å². The van der Waals surface area contributed by atoms with Gasteiger partial charge in [0.15, 0.2) is 0 Å². The minimum absolute atomic E-state index is 0.124. The summed E-state index contributed by atoms with van der Waals surface area (Å²) in [7, 11) is -0.476. The number of nitrogens with zero attached hydrogens (tertiary/aromatic N) is 1. The highest BCUT2D eigenvalue weighted by molar-refractivity contribution is 6.62. The highest BCUT2D eigenvalue weighted by atomic mass is 16.7. The molecule has 0 spiro atoms. The molecule has 1 aliphatic rings. The Morgan fingerprint density at radius 3 is 2.38 bits per heavy atom. The second-order valence-corrected chi connectivity index (χ2v) is 7.27. The molecule has 1 unspecified atom stereocenters. The number of hydrogen-bond donors (Lipinski definition) is 2. The zero-order chi connectivity index (χ0) is 18.0. The van der Waals surface area contributed by atoms with E-state index in [1.165, 1.54) is 0 Å². The molecule has 5 nitrogen and oxygen atoms in total. The fourth-order valence-electron chi connectivity index (χ4n) is 2.66. The van der Waals surface area contributed by atoms with Crippen LogP contribution in [0.25, 0.3) is 0 Å². The Morgan fingerprint density at radius 1 is 1.25 bits per heavy atom. The third-order valence-corrected chi connectivity index (χ3v) is 5.02. The molecular formula is C18H27BN2O3. The van der Waals surface area contributed by atoms with Gasteiger partial charge in [-0.3, -0.25) is 0 Å². The monoisotopic (exact) mass is 330 g/mol. The van der Waals surface area contributed by atoms with Crippen molar-refractivity contribution >= 4 is 18.3 Å². The first-order valence-electron chi connectivity index (χ1n) is 8.51. The molecule has 0 radical (unpaired) electrons.